The molecule has 0 heterocycles. The summed E-state index contributed by atoms with van der Waals surface area (Å²) in [5, 5.41) is 5.95. The van der Waals surface area contributed by atoms with E-state index in [2.05, 4.69) is 24.5 Å². The molecule has 0 spiro atoms. The van der Waals surface area contributed by atoms with Gasteiger partial charge in [-0.2, -0.15) is 6.54 Å². The Labute approximate surface area is 338 Å². The first kappa shape index (κ1) is 72.4. The molecule has 0 saturated heterocycles. The number of carbonyl (C=O) groups is 5. The van der Waals surface area contributed by atoms with Gasteiger partial charge in [-0.05, 0) is 34.1 Å². The topological polar surface area (TPSA) is 199 Å². The van der Waals surface area contributed by atoms with Gasteiger partial charge in [0.15, 0.2) is 0 Å². The van der Waals surface area contributed by atoms with E-state index in [1.165, 1.54) is 20.8 Å². The molecule has 0 radical (unpaired) electrons. The number of carbonyl (C=O) groups excluding carboxylic acids is 5. The largest absolute Gasteiger partial charge is 0.677 e. The molecule has 0 bridgehead atoms. The van der Waals surface area contributed by atoms with Crippen LogP contribution in [-0.4, -0.2) is 94.2 Å². The normalized spacial score (nSPS) is 8.35. The van der Waals surface area contributed by atoms with Gasteiger partial charge in [-0.3, -0.25) is 4.79 Å². The van der Waals surface area contributed by atoms with Gasteiger partial charge < -0.3 is 63.9 Å². The molecule has 16 heteroatoms. The van der Waals surface area contributed by atoms with Crippen LogP contribution in [0.5, 0.6) is 0 Å². The summed E-state index contributed by atoms with van der Waals surface area (Å²) in [5.74, 6) is 0.0234. The Morgan fingerprint density at radius 1 is 0.587 bits per heavy atom. The Bertz CT molecular complexity index is 624. The summed E-state index contributed by atoms with van der Waals surface area (Å²) in [5.41, 5.74) is 19.4. The molecule has 0 rings (SSSR count). The van der Waals surface area contributed by atoms with Crippen molar-refractivity contribution in [2.45, 2.75) is 100.0 Å². The molecule has 46 heavy (non-hydrogen) atoms. The van der Waals surface area contributed by atoms with Crippen LogP contribution in [0.2, 0.25) is 0 Å². The number of Topliss-reactive ketones (excluding diaryl/α,β-unsaturated/α-hetero) is 4. The summed E-state index contributed by atoms with van der Waals surface area (Å²) in [6, 6.07) is 0.474. The molecule has 0 atom stereocenters. The van der Waals surface area contributed by atoms with Crippen LogP contribution in [-0.2, 0) is 118 Å². The first-order valence-electron chi connectivity index (χ1n) is 14.4. The van der Waals surface area contributed by atoms with Crippen molar-refractivity contribution in [3.05, 3.63) is 24.6 Å². The standard InChI is InChI=1S/C14H28N2O4.C7H14NO.2C3H6NO.C2H6.CH3.4W/c1-12(2)15-6-8-19-10-11-20-9-7-16-14(18)5-4-13(3)17;1-7(9)5-3-2-4-6-8;2*1-3(5)2-4;1-2;;;;;/h12,15H,4-11H2,1-3H3,(H,16,18);8H,2-6H2,1H3;2*4H,2H2,1H3;1-2H3;1H3;;;;/q;3*-1;;-1;;;;. The van der Waals surface area contributed by atoms with Crippen LogP contribution in [0.3, 0.4) is 0 Å². The van der Waals surface area contributed by atoms with Gasteiger partial charge in [0, 0.05) is 123 Å². The van der Waals surface area contributed by atoms with Gasteiger partial charge in [0.1, 0.15) is 23.1 Å². The van der Waals surface area contributed by atoms with E-state index in [-0.39, 0.29) is 140 Å². The van der Waals surface area contributed by atoms with Gasteiger partial charge in [0.25, 0.3) is 0 Å². The van der Waals surface area contributed by atoms with E-state index >= 15 is 0 Å². The van der Waals surface area contributed by atoms with E-state index in [9.17, 15) is 24.0 Å². The molecule has 5 N–H and O–H groups in total. The number of hydrogen-bond acceptors (Lipinski definition) is 8. The van der Waals surface area contributed by atoms with E-state index in [4.69, 9.17) is 26.7 Å². The summed E-state index contributed by atoms with van der Waals surface area (Å²) in [4.78, 5) is 51.6. The smallest absolute Gasteiger partial charge is 0.220 e. The van der Waals surface area contributed by atoms with Crippen LogP contribution in [0.1, 0.15) is 93.9 Å². The summed E-state index contributed by atoms with van der Waals surface area (Å²) in [6.45, 7) is 17.9. The molecule has 0 aliphatic carbocycles. The minimum Gasteiger partial charge on any atom is -0.677 e. The quantitative estimate of drug-likeness (QED) is 0.119. The average Bonchev–Trinajstić information content (AvgIpc) is 2.92. The number of unbranched alkanes of at least 4 members (excludes halogenated alkanes) is 2. The van der Waals surface area contributed by atoms with Gasteiger partial charge in [-0.15, -0.1) is 0 Å². The molecule has 0 aliphatic rings. The molecule has 12 nitrogen and oxygen atoms in total. The Balaban J connectivity index is -0.0000000524. The maximum Gasteiger partial charge on any atom is 0.220 e. The van der Waals surface area contributed by atoms with Gasteiger partial charge in [-0.25, -0.2) is 0 Å². The summed E-state index contributed by atoms with van der Waals surface area (Å²) >= 11 is 0. The van der Waals surface area contributed by atoms with Crippen LogP contribution >= 0.6 is 0 Å². The number of hydrogen-bond donors (Lipinski definition) is 2. The molecule has 0 aliphatic heterocycles. The van der Waals surface area contributed by atoms with E-state index in [1.54, 1.807) is 6.92 Å². The summed E-state index contributed by atoms with van der Waals surface area (Å²) < 4.78 is 10.7. The van der Waals surface area contributed by atoms with Gasteiger partial charge in [0.05, 0.1) is 26.4 Å². The predicted octanol–water partition coefficient (Wildman–Crippen LogP) is 5.41. The van der Waals surface area contributed by atoms with Crippen LogP contribution < -0.4 is 10.6 Å². The molecule has 0 aromatic carbocycles. The number of ether oxygens (including phenoxy) is 2. The first-order chi connectivity index (χ1) is 19.3. The minimum absolute atomic E-state index is 0. The van der Waals surface area contributed by atoms with Crippen molar-refractivity contribution in [1.29, 1.82) is 0 Å². The first-order valence-corrected chi connectivity index (χ1v) is 14.4. The molecule has 0 unspecified atom stereocenters. The van der Waals surface area contributed by atoms with Gasteiger partial charge in [0.2, 0.25) is 5.91 Å². The number of amides is 1. The zero-order valence-electron chi connectivity index (χ0n) is 29.7. The Morgan fingerprint density at radius 3 is 1.30 bits per heavy atom. The summed E-state index contributed by atoms with van der Waals surface area (Å²) in [6.07, 6.45) is 4.18. The Morgan fingerprint density at radius 2 is 0.978 bits per heavy atom. The number of nitrogens with one attached hydrogen (secondary N) is 5. The van der Waals surface area contributed by atoms with Crippen LogP contribution in [0.15, 0.2) is 0 Å². The van der Waals surface area contributed by atoms with E-state index < -0.39 is 0 Å². The molecule has 0 aromatic rings. The zero-order valence-corrected chi connectivity index (χ0v) is 41.4. The molecule has 0 saturated carbocycles. The van der Waals surface area contributed by atoms with Crippen molar-refractivity contribution in [3.63, 3.8) is 0 Å². The fourth-order valence-corrected chi connectivity index (χ4v) is 2.06. The Hall–Kier alpha value is 0.663. The maximum atomic E-state index is 11.3. The van der Waals surface area contributed by atoms with Crippen molar-refractivity contribution < 1.29 is 118 Å². The SMILES string of the molecule is CC.CC(=O)CCC(=O)NCCOCCOCCNC(C)C.CC(=O)CCCCC[NH-].CC(=O)C[NH-].CC(=O)C[NH-].[CH3-].[W].[W].[W].[W]. The molecule has 1 amide bonds. The second kappa shape index (κ2) is 64.2. The maximum absolute atomic E-state index is 11.3. The third kappa shape index (κ3) is 104. The molecular formula is C30H63N5O7W4-4. The van der Waals surface area contributed by atoms with Crippen LogP contribution in [0.4, 0.5) is 0 Å². The third-order valence-electron chi connectivity index (χ3n) is 4.15. The average molecular weight is 1340 g/mol. The minimum atomic E-state index is -0.111. The number of ketones is 4. The monoisotopic (exact) mass is 1340 g/mol. The van der Waals surface area contributed by atoms with Crippen LogP contribution in [0.25, 0.3) is 17.2 Å². The summed E-state index contributed by atoms with van der Waals surface area (Å²) in [7, 11) is 0. The molecule has 0 fully saturated rings. The van der Waals surface area contributed by atoms with Crippen molar-refractivity contribution in [2.24, 2.45) is 0 Å². The molecular weight excluding hydrogens is 1280 g/mol. The predicted molar refractivity (Wildman–Crippen MR) is 174 cm³/mol. The van der Waals surface area contributed by atoms with Gasteiger partial charge >= 0.3 is 0 Å². The zero-order chi connectivity index (χ0) is 32.9. The van der Waals surface area contributed by atoms with Gasteiger partial charge in [-0.1, -0.05) is 53.6 Å². The van der Waals surface area contributed by atoms with Crippen molar-refractivity contribution in [3.8, 4) is 0 Å². The van der Waals surface area contributed by atoms with Crippen molar-refractivity contribution in [2.75, 3.05) is 59.2 Å². The van der Waals surface area contributed by atoms with Crippen molar-refractivity contribution >= 4 is 29.0 Å². The van der Waals surface area contributed by atoms with E-state index in [1.807, 2.05) is 13.8 Å². The molecule has 278 valence electrons. The van der Waals surface area contributed by atoms with Crippen molar-refractivity contribution in [1.82, 2.24) is 10.6 Å². The molecule has 0 aromatic heterocycles. The fraction of sp³-hybridized carbons (Fsp3) is 0.800. The van der Waals surface area contributed by atoms with Crippen LogP contribution in [0, 0.1) is 7.43 Å². The second-order valence-corrected chi connectivity index (χ2v) is 8.91. The Kier molecular flexibility index (Phi) is 101. The van der Waals surface area contributed by atoms with E-state index in [0.29, 0.717) is 58.4 Å². The third-order valence-corrected chi connectivity index (χ3v) is 4.15. The number of rotatable bonds is 20. The van der Waals surface area contributed by atoms with E-state index in [0.717, 1.165) is 25.8 Å². The fourth-order valence-electron chi connectivity index (χ4n) is 2.06. The second-order valence-electron chi connectivity index (χ2n) is 8.91.